The summed E-state index contributed by atoms with van der Waals surface area (Å²) in [6.07, 6.45) is 4.00. The van der Waals surface area contributed by atoms with Crippen molar-refractivity contribution in [1.29, 1.82) is 0 Å². The minimum absolute atomic E-state index is 0.0999. The summed E-state index contributed by atoms with van der Waals surface area (Å²) < 4.78 is 1.95. The van der Waals surface area contributed by atoms with Crippen LogP contribution in [0, 0.1) is 0 Å². The molecule has 1 aromatic carbocycles. The van der Waals surface area contributed by atoms with Crippen molar-refractivity contribution in [3.63, 3.8) is 0 Å². The van der Waals surface area contributed by atoms with Gasteiger partial charge in [0.1, 0.15) is 0 Å². The van der Waals surface area contributed by atoms with Gasteiger partial charge < -0.3 is 20.1 Å². The number of anilines is 1. The minimum atomic E-state index is -0.349. The van der Waals surface area contributed by atoms with E-state index in [1.807, 2.05) is 55.1 Å². The van der Waals surface area contributed by atoms with Crippen LogP contribution in [-0.2, 0) is 28.1 Å². The van der Waals surface area contributed by atoms with Gasteiger partial charge in [-0.3, -0.25) is 14.4 Å². The number of nitrogens with zero attached hydrogens (tertiary/aromatic N) is 3. The van der Waals surface area contributed by atoms with E-state index in [0.717, 1.165) is 22.4 Å². The zero-order valence-electron chi connectivity index (χ0n) is 19.1. The highest BCUT2D eigenvalue weighted by Crippen LogP contribution is 2.29. The van der Waals surface area contributed by atoms with Crippen molar-refractivity contribution in [3.05, 3.63) is 58.7 Å². The molecule has 33 heavy (non-hydrogen) atoms. The van der Waals surface area contributed by atoms with Gasteiger partial charge in [0.15, 0.2) is 5.13 Å². The van der Waals surface area contributed by atoms with Crippen molar-refractivity contribution in [1.82, 2.24) is 19.8 Å². The number of fused-ring (bicyclic) bond motifs is 1. The summed E-state index contributed by atoms with van der Waals surface area (Å²) in [5, 5.41) is 7.69. The lowest BCUT2D eigenvalue weighted by atomic mass is 9.96. The molecule has 3 heterocycles. The SMILES string of the molecule is CN1Cc2ccc(-c3csc(NC(=O)CNC(=O)c4ccn(C(C)(C)C)c4)n3)cc2CC1=O. The van der Waals surface area contributed by atoms with E-state index in [1.54, 1.807) is 24.2 Å². The molecule has 3 amide bonds. The molecule has 0 saturated carbocycles. The molecule has 8 nitrogen and oxygen atoms in total. The summed E-state index contributed by atoms with van der Waals surface area (Å²) in [5.41, 5.74) is 4.17. The van der Waals surface area contributed by atoms with E-state index in [9.17, 15) is 14.4 Å². The molecule has 0 atom stereocenters. The summed E-state index contributed by atoms with van der Waals surface area (Å²) in [7, 11) is 1.80. The molecule has 3 aromatic rings. The standard InChI is InChI=1S/C24H27N5O3S/c1-24(2,3)29-8-7-17(13-29)22(32)25-11-20(30)27-23-26-19(14-33-23)15-5-6-16-12-28(4)21(31)10-18(16)9-15/h5-9,13-14H,10-12H2,1-4H3,(H,25,32)(H,26,27,30). The highest BCUT2D eigenvalue weighted by Gasteiger charge is 2.21. The Labute approximate surface area is 196 Å². The third kappa shape index (κ3) is 5.14. The minimum Gasteiger partial charge on any atom is -0.348 e. The van der Waals surface area contributed by atoms with Gasteiger partial charge >= 0.3 is 0 Å². The van der Waals surface area contributed by atoms with Crippen LogP contribution >= 0.6 is 11.3 Å². The van der Waals surface area contributed by atoms with Gasteiger partial charge in [0.2, 0.25) is 11.8 Å². The molecular weight excluding hydrogens is 438 g/mol. The summed E-state index contributed by atoms with van der Waals surface area (Å²) in [6.45, 7) is 6.61. The van der Waals surface area contributed by atoms with Crippen molar-refractivity contribution in [2.45, 2.75) is 39.3 Å². The first-order valence-electron chi connectivity index (χ1n) is 10.7. The van der Waals surface area contributed by atoms with Crippen LogP contribution in [0.1, 0.15) is 42.3 Å². The lowest BCUT2D eigenvalue weighted by Gasteiger charge is -2.25. The van der Waals surface area contributed by atoms with E-state index < -0.39 is 0 Å². The molecule has 0 fully saturated rings. The van der Waals surface area contributed by atoms with Gasteiger partial charge in [0.05, 0.1) is 24.2 Å². The van der Waals surface area contributed by atoms with E-state index in [1.165, 1.54) is 11.3 Å². The fraction of sp³-hybridized carbons (Fsp3) is 0.333. The lowest BCUT2D eigenvalue weighted by Crippen LogP contribution is -2.32. The van der Waals surface area contributed by atoms with Crippen molar-refractivity contribution in [2.75, 3.05) is 18.9 Å². The fourth-order valence-electron chi connectivity index (χ4n) is 3.58. The van der Waals surface area contributed by atoms with E-state index in [2.05, 4.69) is 15.6 Å². The van der Waals surface area contributed by atoms with Gasteiger partial charge in [-0.2, -0.15) is 0 Å². The maximum Gasteiger partial charge on any atom is 0.253 e. The number of rotatable bonds is 5. The molecule has 0 spiro atoms. The predicted octanol–water partition coefficient (Wildman–Crippen LogP) is 3.25. The van der Waals surface area contributed by atoms with Crippen molar-refractivity contribution >= 4 is 34.2 Å². The van der Waals surface area contributed by atoms with Gasteiger partial charge in [0.25, 0.3) is 5.91 Å². The number of hydrogen-bond donors (Lipinski definition) is 2. The fourth-order valence-corrected chi connectivity index (χ4v) is 4.32. The topological polar surface area (TPSA) is 96.3 Å². The number of amides is 3. The Morgan fingerprint density at radius 3 is 2.70 bits per heavy atom. The van der Waals surface area contributed by atoms with Gasteiger partial charge in [-0.25, -0.2) is 4.98 Å². The molecule has 2 N–H and O–H groups in total. The highest BCUT2D eigenvalue weighted by atomic mass is 32.1. The Morgan fingerprint density at radius 1 is 1.18 bits per heavy atom. The number of aromatic nitrogens is 2. The highest BCUT2D eigenvalue weighted by molar-refractivity contribution is 7.14. The number of benzene rings is 1. The number of likely N-dealkylation sites (N-methyl/N-ethyl adjacent to an activating group) is 1. The maximum absolute atomic E-state index is 12.3. The Hall–Kier alpha value is -3.46. The Balaban J connectivity index is 1.34. The van der Waals surface area contributed by atoms with Gasteiger partial charge in [-0.05, 0) is 44.0 Å². The largest absolute Gasteiger partial charge is 0.348 e. The van der Waals surface area contributed by atoms with Gasteiger partial charge in [0, 0.05) is 42.5 Å². The zero-order valence-corrected chi connectivity index (χ0v) is 20.0. The van der Waals surface area contributed by atoms with Crippen LogP contribution < -0.4 is 10.6 Å². The first-order chi connectivity index (χ1) is 15.6. The third-order valence-electron chi connectivity index (χ3n) is 5.57. The smallest absolute Gasteiger partial charge is 0.253 e. The first kappa shape index (κ1) is 22.7. The average Bonchev–Trinajstić information content (AvgIpc) is 3.42. The molecule has 0 radical (unpaired) electrons. The van der Waals surface area contributed by atoms with Crippen LogP contribution in [0.2, 0.25) is 0 Å². The molecule has 2 aromatic heterocycles. The molecule has 0 unspecified atom stereocenters. The number of carbonyl (C=O) groups excluding carboxylic acids is 3. The van der Waals surface area contributed by atoms with Crippen LogP contribution in [0.5, 0.6) is 0 Å². The van der Waals surface area contributed by atoms with Crippen molar-refractivity contribution in [3.8, 4) is 11.3 Å². The second kappa shape index (κ2) is 8.82. The van der Waals surface area contributed by atoms with E-state index in [0.29, 0.717) is 23.7 Å². The van der Waals surface area contributed by atoms with Crippen LogP contribution in [0.3, 0.4) is 0 Å². The Bertz CT molecular complexity index is 1220. The zero-order chi connectivity index (χ0) is 23.8. The number of hydrogen-bond acceptors (Lipinski definition) is 5. The number of thiazole rings is 1. The second-order valence-electron chi connectivity index (χ2n) is 9.16. The summed E-state index contributed by atoms with van der Waals surface area (Å²) in [5.74, 6) is -0.552. The molecule has 0 bridgehead atoms. The van der Waals surface area contributed by atoms with E-state index >= 15 is 0 Å². The molecule has 9 heteroatoms. The van der Waals surface area contributed by atoms with E-state index in [4.69, 9.17) is 0 Å². The van der Waals surface area contributed by atoms with Crippen molar-refractivity contribution < 1.29 is 14.4 Å². The molecule has 1 aliphatic heterocycles. The normalized spacial score (nSPS) is 13.6. The molecular formula is C24H27N5O3S. The summed E-state index contributed by atoms with van der Waals surface area (Å²) in [4.78, 5) is 42.9. The molecule has 172 valence electrons. The number of nitrogens with one attached hydrogen (secondary N) is 2. The van der Waals surface area contributed by atoms with Crippen molar-refractivity contribution in [2.24, 2.45) is 0 Å². The quantitative estimate of drug-likeness (QED) is 0.605. The predicted molar refractivity (Wildman–Crippen MR) is 128 cm³/mol. The van der Waals surface area contributed by atoms with Crippen LogP contribution in [0.25, 0.3) is 11.3 Å². The van der Waals surface area contributed by atoms with E-state index in [-0.39, 0.29) is 29.8 Å². The molecule has 0 saturated heterocycles. The summed E-state index contributed by atoms with van der Waals surface area (Å²) in [6, 6.07) is 7.72. The van der Waals surface area contributed by atoms with Gasteiger partial charge in [-0.15, -0.1) is 11.3 Å². The summed E-state index contributed by atoms with van der Waals surface area (Å²) >= 11 is 1.31. The maximum atomic E-state index is 12.3. The second-order valence-corrected chi connectivity index (χ2v) is 10.0. The number of carbonyl (C=O) groups is 3. The monoisotopic (exact) mass is 465 g/mol. The third-order valence-corrected chi connectivity index (χ3v) is 6.32. The Morgan fingerprint density at radius 2 is 1.97 bits per heavy atom. The molecule has 0 aliphatic carbocycles. The lowest BCUT2D eigenvalue weighted by molar-refractivity contribution is -0.130. The molecule has 1 aliphatic rings. The van der Waals surface area contributed by atoms with Crippen LogP contribution in [-0.4, -0.2) is 45.8 Å². The average molecular weight is 466 g/mol. The van der Waals surface area contributed by atoms with Gasteiger partial charge in [-0.1, -0.05) is 12.1 Å². The van der Waals surface area contributed by atoms with Crippen LogP contribution in [0.15, 0.2) is 42.0 Å². The van der Waals surface area contributed by atoms with Crippen LogP contribution in [0.4, 0.5) is 5.13 Å². The Kier molecular flexibility index (Phi) is 6.07. The first-order valence-corrected chi connectivity index (χ1v) is 11.6. The molecule has 4 rings (SSSR count).